The molecule has 0 aliphatic heterocycles. The lowest BCUT2D eigenvalue weighted by Gasteiger charge is -2.23. The fraction of sp³-hybridized carbons (Fsp3) is 0.417. The molecule has 1 atom stereocenters. The highest BCUT2D eigenvalue weighted by Gasteiger charge is 2.32. The first-order valence-electron chi connectivity index (χ1n) is 5.39. The van der Waals surface area contributed by atoms with Crippen molar-refractivity contribution in [1.29, 1.82) is 0 Å². The van der Waals surface area contributed by atoms with Crippen molar-refractivity contribution in [3.63, 3.8) is 0 Å². The van der Waals surface area contributed by atoms with Gasteiger partial charge in [-0.3, -0.25) is 0 Å². The summed E-state index contributed by atoms with van der Waals surface area (Å²) in [5.41, 5.74) is 4.79. The number of esters is 1. The van der Waals surface area contributed by atoms with E-state index in [0.29, 0.717) is 5.56 Å². The molecule has 0 spiro atoms. The molecular formula is C12H15F2NO3. The predicted octanol–water partition coefficient (Wildman–Crippen LogP) is 2.02. The maximum Gasteiger partial charge on any atom is 0.387 e. The van der Waals surface area contributed by atoms with E-state index in [2.05, 4.69) is 4.74 Å². The quantitative estimate of drug-likeness (QED) is 0.822. The van der Waals surface area contributed by atoms with Gasteiger partial charge in [-0.2, -0.15) is 8.78 Å². The first kappa shape index (κ1) is 14.4. The zero-order valence-corrected chi connectivity index (χ0v) is 10.2. The predicted molar refractivity (Wildman–Crippen MR) is 61.2 cm³/mol. The second-order valence-electron chi connectivity index (χ2n) is 3.83. The third kappa shape index (κ3) is 3.40. The zero-order chi connectivity index (χ0) is 13.8. The molecule has 0 fully saturated rings. The summed E-state index contributed by atoms with van der Waals surface area (Å²) < 4.78 is 33.2. The lowest BCUT2D eigenvalue weighted by atomic mass is 9.93. The van der Waals surface area contributed by atoms with E-state index in [1.165, 1.54) is 25.1 Å². The van der Waals surface area contributed by atoms with Crippen LogP contribution in [0.15, 0.2) is 24.3 Å². The topological polar surface area (TPSA) is 61.5 Å². The second-order valence-corrected chi connectivity index (χ2v) is 3.83. The minimum absolute atomic E-state index is 0.0523. The SMILES string of the molecule is CCOC(=O)C(C)(N)c1cccc(OC(F)F)c1. The normalized spacial score (nSPS) is 14.1. The van der Waals surface area contributed by atoms with E-state index < -0.39 is 18.1 Å². The first-order valence-corrected chi connectivity index (χ1v) is 5.39. The van der Waals surface area contributed by atoms with E-state index >= 15 is 0 Å². The lowest BCUT2D eigenvalue weighted by molar-refractivity contribution is -0.149. The Morgan fingerprint density at radius 3 is 2.72 bits per heavy atom. The maximum atomic E-state index is 12.1. The fourth-order valence-corrected chi connectivity index (χ4v) is 1.39. The van der Waals surface area contributed by atoms with Crippen LogP contribution in [0.1, 0.15) is 19.4 Å². The van der Waals surface area contributed by atoms with Crippen LogP contribution in [0.2, 0.25) is 0 Å². The Bertz CT molecular complexity index is 422. The summed E-state index contributed by atoms with van der Waals surface area (Å²) in [6, 6.07) is 5.69. The summed E-state index contributed by atoms with van der Waals surface area (Å²) >= 11 is 0. The average molecular weight is 259 g/mol. The van der Waals surface area contributed by atoms with Crippen LogP contribution < -0.4 is 10.5 Å². The second kappa shape index (κ2) is 5.77. The standard InChI is InChI=1S/C12H15F2NO3/c1-3-17-10(16)12(2,15)8-5-4-6-9(7-8)18-11(13)14/h4-7,11H,3,15H2,1-2H3. The van der Waals surface area contributed by atoms with Gasteiger partial charge in [-0.05, 0) is 31.5 Å². The van der Waals surface area contributed by atoms with Crippen molar-refractivity contribution in [2.75, 3.05) is 6.61 Å². The number of halogens is 2. The third-order valence-corrected chi connectivity index (χ3v) is 2.36. The van der Waals surface area contributed by atoms with Crippen molar-refractivity contribution in [1.82, 2.24) is 0 Å². The molecule has 1 aromatic carbocycles. The number of ether oxygens (including phenoxy) is 2. The molecular weight excluding hydrogens is 244 g/mol. The first-order chi connectivity index (χ1) is 8.37. The third-order valence-electron chi connectivity index (χ3n) is 2.36. The average Bonchev–Trinajstić information content (AvgIpc) is 2.28. The summed E-state index contributed by atoms with van der Waals surface area (Å²) in [4.78, 5) is 11.7. The Labute approximate surface area is 104 Å². The summed E-state index contributed by atoms with van der Waals surface area (Å²) in [6.07, 6.45) is 0. The van der Waals surface area contributed by atoms with Gasteiger partial charge in [-0.1, -0.05) is 12.1 Å². The van der Waals surface area contributed by atoms with Crippen LogP contribution in [0.3, 0.4) is 0 Å². The highest BCUT2D eigenvalue weighted by Crippen LogP contribution is 2.24. The van der Waals surface area contributed by atoms with Gasteiger partial charge in [-0.25, -0.2) is 4.79 Å². The molecule has 1 aromatic rings. The smallest absolute Gasteiger partial charge is 0.387 e. The molecule has 2 N–H and O–H groups in total. The molecule has 0 amide bonds. The van der Waals surface area contributed by atoms with E-state index in [-0.39, 0.29) is 12.4 Å². The molecule has 4 nitrogen and oxygen atoms in total. The highest BCUT2D eigenvalue weighted by atomic mass is 19.3. The van der Waals surface area contributed by atoms with Crippen LogP contribution in [0.4, 0.5) is 8.78 Å². The van der Waals surface area contributed by atoms with Crippen LogP contribution in [0, 0.1) is 0 Å². The van der Waals surface area contributed by atoms with Gasteiger partial charge in [0.1, 0.15) is 11.3 Å². The largest absolute Gasteiger partial charge is 0.464 e. The molecule has 0 bridgehead atoms. The minimum atomic E-state index is -2.92. The minimum Gasteiger partial charge on any atom is -0.464 e. The lowest BCUT2D eigenvalue weighted by Crippen LogP contribution is -2.43. The molecule has 0 aromatic heterocycles. The number of alkyl halides is 2. The molecule has 6 heteroatoms. The molecule has 1 rings (SSSR count). The highest BCUT2D eigenvalue weighted by molar-refractivity contribution is 5.82. The summed E-state index contributed by atoms with van der Waals surface area (Å²) in [5, 5.41) is 0. The molecule has 1 unspecified atom stereocenters. The van der Waals surface area contributed by atoms with E-state index in [0.717, 1.165) is 0 Å². The fourth-order valence-electron chi connectivity index (χ4n) is 1.39. The number of rotatable bonds is 5. The Hall–Kier alpha value is -1.69. The Balaban J connectivity index is 2.97. The molecule has 0 heterocycles. The molecule has 0 saturated heterocycles. The van der Waals surface area contributed by atoms with Gasteiger partial charge >= 0.3 is 12.6 Å². The van der Waals surface area contributed by atoms with Crippen LogP contribution in [0.25, 0.3) is 0 Å². The molecule has 0 saturated carbocycles. The number of benzene rings is 1. The van der Waals surface area contributed by atoms with Crippen molar-refractivity contribution < 1.29 is 23.0 Å². The Morgan fingerprint density at radius 2 is 2.17 bits per heavy atom. The van der Waals surface area contributed by atoms with Crippen LogP contribution >= 0.6 is 0 Å². The van der Waals surface area contributed by atoms with Crippen molar-refractivity contribution in [3.05, 3.63) is 29.8 Å². The van der Waals surface area contributed by atoms with Gasteiger partial charge in [0.25, 0.3) is 0 Å². The molecule has 0 aliphatic rings. The summed E-state index contributed by atoms with van der Waals surface area (Å²) in [6.45, 7) is 0.377. The summed E-state index contributed by atoms with van der Waals surface area (Å²) in [5.74, 6) is -0.678. The summed E-state index contributed by atoms with van der Waals surface area (Å²) in [7, 11) is 0. The van der Waals surface area contributed by atoms with Crippen LogP contribution in [-0.2, 0) is 15.1 Å². The number of hydrogen-bond donors (Lipinski definition) is 1. The maximum absolute atomic E-state index is 12.1. The molecule has 0 aliphatic carbocycles. The van der Waals surface area contributed by atoms with Crippen LogP contribution in [0.5, 0.6) is 5.75 Å². The zero-order valence-electron chi connectivity index (χ0n) is 10.2. The Morgan fingerprint density at radius 1 is 1.50 bits per heavy atom. The number of hydrogen-bond acceptors (Lipinski definition) is 4. The van der Waals surface area contributed by atoms with E-state index in [1.807, 2.05) is 0 Å². The van der Waals surface area contributed by atoms with Gasteiger partial charge < -0.3 is 15.2 Å². The van der Waals surface area contributed by atoms with Crippen LogP contribution in [-0.4, -0.2) is 19.2 Å². The number of carbonyl (C=O) groups excluding carboxylic acids is 1. The van der Waals surface area contributed by atoms with Crippen molar-refractivity contribution in [2.45, 2.75) is 26.0 Å². The van der Waals surface area contributed by atoms with Crippen molar-refractivity contribution in [2.24, 2.45) is 5.73 Å². The van der Waals surface area contributed by atoms with E-state index in [4.69, 9.17) is 10.5 Å². The number of nitrogens with two attached hydrogens (primary N) is 1. The van der Waals surface area contributed by atoms with E-state index in [1.54, 1.807) is 13.0 Å². The van der Waals surface area contributed by atoms with Gasteiger partial charge in [0.2, 0.25) is 0 Å². The van der Waals surface area contributed by atoms with Gasteiger partial charge in [0.05, 0.1) is 6.61 Å². The number of carbonyl (C=O) groups is 1. The van der Waals surface area contributed by atoms with Crippen molar-refractivity contribution in [3.8, 4) is 5.75 Å². The molecule has 100 valence electrons. The molecule has 0 radical (unpaired) electrons. The van der Waals surface area contributed by atoms with E-state index in [9.17, 15) is 13.6 Å². The van der Waals surface area contributed by atoms with Gasteiger partial charge in [0.15, 0.2) is 0 Å². The Kier molecular flexibility index (Phi) is 4.61. The van der Waals surface area contributed by atoms with Gasteiger partial charge in [-0.15, -0.1) is 0 Å². The molecule has 18 heavy (non-hydrogen) atoms. The van der Waals surface area contributed by atoms with Crippen molar-refractivity contribution >= 4 is 5.97 Å². The monoisotopic (exact) mass is 259 g/mol. The van der Waals surface area contributed by atoms with Gasteiger partial charge in [0, 0.05) is 0 Å².